The van der Waals surface area contributed by atoms with Gasteiger partial charge in [0.25, 0.3) is 5.91 Å². The molecule has 3 aromatic rings. The first-order valence-electron chi connectivity index (χ1n) is 12.5. The molecule has 1 aromatic heterocycles. The number of rotatable bonds is 6. The van der Waals surface area contributed by atoms with Crippen LogP contribution in [0.5, 0.6) is 0 Å². The maximum absolute atomic E-state index is 14.1. The van der Waals surface area contributed by atoms with Crippen molar-refractivity contribution in [1.29, 1.82) is 0 Å². The molecule has 3 heterocycles. The summed E-state index contributed by atoms with van der Waals surface area (Å²) in [7, 11) is 0. The molecule has 176 valence electrons. The third-order valence-corrected chi connectivity index (χ3v) is 7.12. The summed E-state index contributed by atoms with van der Waals surface area (Å²) in [6.45, 7) is 4.53. The molecule has 2 aliphatic heterocycles. The van der Waals surface area contributed by atoms with Gasteiger partial charge in [-0.3, -0.25) is 14.7 Å². The fraction of sp³-hybridized carbons (Fsp3) is 0.379. The van der Waals surface area contributed by atoms with E-state index in [0.717, 1.165) is 61.5 Å². The van der Waals surface area contributed by atoms with Crippen LogP contribution in [-0.4, -0.2) is 46.9 Å². The van der Waals surface area contributed by atoms with Gasteiger partial charge in [-0.1, -0.05) is 42.5 Å². The van der Waals surface area contributed by atoms with Gasteiger partial charge in [-0.25, -0.2) is 4.39 Å². The minimum absolute atomic E-state index is 0.127. The van der Waals surface area contributed by atoms with Crippen LogP contribution in [0.15, 0.2) is 66.7 Å². The van der Waals surface area contributed by atoms with E-state index >= 15 is 0 Å². The second-order valence-electron chi connectivity index (χ2n) is 9.55. The number of carbonyl (C=O) groups excluding carboxylic acids is 1. The van der Waals surface area contributed by atoms with E-state index in [-0.39, 0.29) is 17.6 Å². The highest BCUT2D eigenvalue weighted by atomic mass is 19.1. The Morgan fingerprint density at radius 2 is 1.65 bits per heavy atom. The molecular weight excluding hydrogens is 425 g/mol. The standard InChI is InChI=1S/C29H32FN3O/c30-27-14-4-2-9-22(27)19-25-12-7-15-28(31-25)24-11-8-18-33(21-24)29(34)26-13-3-1-10-23(26)20-32-16-5-6-17-32/h1-4,7,9-10,12-15,24H,5-6,8,11,16-21H2/t24-/m1/s1. The molecule has 0 aliphatic carbocycles. The van der Waals surface area contributed by atoms with E-state index in [9.17, 15) is 9.18 Å². The Hall–Kier alpha value is -3.05. The van der Waals surface area contributed by atoms with Crippen molar-refractivity contribution in [1.82, 2.24) is 14.8 Å². The van der Waals surface area contributed by atoms with Crippen LogP contribution in [-0.2, 0) is 13.0 Å². The Labute approximate surface area is 201 Å². The number of halogens is 1. The summed E-state index contributed by atoms with van der Waals surface area (Å²) in [5.41, 5.74) is 4.47. The lowest BCUT2D eigenvalue weighted by atomic mass is 9.93. The molecule has 0 N–H and O–H groups in total. The number of nitrogens with zero attached hydrogens (tertiary/aromatic N) is 3. The van der Waals surface area contributed by atoms with Crippen LogP contribution in [0, 0.1) is 5.82 Å². The van der Waals surface area contributed by atoms with Gasteiger partial charge in [-0.2, -0.15) is 0 Å². The van der Waals surface area contributed by atoms with Crippen molar-refractivity contribution in [3.05, 3.63) is 101 Å². The maximum Gasteiger partial charge on any atom is 0.254 e. The van der Waals surface area contributed by atoms with Gasteiger partial charge in [0.15, 0.2) is 0 Å². The molecule has 0 spiro atoms. The van der Waals surface area contributed by atoms with Gasteiger partial charge in [0.2, 0.25) is 0 Å². The van der Waals surface area contributed by atoms with E-state index in [1.54, 1.807) is 6.07 Å². The van der Waals surface area contributed by atoms with Crippen LogP contribution >= 0.6 is 0 Å². The Bertz CT molecular complexity index is 1140. The molecule has 1 atom stereocenters. The van der Waals surface area contributed by atoms with Gasteiger partial charge in [-0.15, -0.1) is 0 Å². The van der Waals surface area contributed by atoms with Crippen molar-refractivity contribution >= 4 is 5.91 Å². The van der Waals surface area contributed by atoms with Crippen LogP contribution in [0.1, 0.15) is 64.5 Å². The molecule has 5 heteroatoms. The molecule has 0 radical (unpaired) electrons. The Kier molecular flexibility index (Phi) is 7.00. The summed E-state index contributed by atoms with van der Waals surface area (Å²) < 4.78 is 14.1. The Balaban J connectivity index is 1.30. The zero-order valence-electron chi connectivity index (χ0n) is 19.6. The SMILES string of the molecule is O=C(c1ccccc1CN1CCCC1)N1CCC[C@@H](c2cccc(Cc3ccccc3F)n2)C1. The summed E-state index contributed by atoms with van der Waals surface area (Å²) in [6.07, 6.45) is 4.93. The van der Waals surface area contributed by atoms with Crippen LogP contribution in [0.3, 0.4) is 0 Å². The monoisotopic (exact) mass is 457 g/mol. The first-order valence-corrected chi connectivity index (χ1v) is 12.5. The minimum Gasteiger partial charge on any atom is -0.338 e. The van der Waals surface area contributed by atoms with Crippen LogP contribution in [0.4, 0.5) is 4.39 Å². The number of benzene rings is 2. The van der Waals surface area contributed by atoms with E-state index in [2.05, 4.69) is 11.0 Å². The molecule has 2 aromatic carbocycles. The third-order valence-electron chi connectivity index (χ3n) is 7.12. The first kappa shape index (κ1) is 22.7. The fourth-order valence-electron chi connectivity index (χ4n) is 5.28. The van der Waals surface area contributed by atoms with Crippen molar-refractivity contribution in [2.45, 2.75) is 44.6 Å². The van der Waals surface area contributed by atoms with Gasteiger partial charge in [0.1, 0.15) is 5.82 Å². The second kappa shape index (κ2) is 10.5. The smallest absolute Gasteiger partial charge is 0.254 e. The molecule has 34 heavy (non-hydrogen) atoms. The maximum atomic E-state index is 14.1. The highest BCUT2D eigenvalue weighted by Gasteiger charge is 2.28. The van der Waals surface area contributed by atoms with Gasteiger partial charge >= 0.3 is 0 Å². The van der Waals surface area contributed by atoms with E-state index < -0.39 is 0 Å². The van der Waals surface area contributed by atoms with Crippen LogP contribution in [0.25, 0.3) is 0 Å². The molecular formula is C29H32FN3O. The number of hydrogen-bond acceptors (Lipinski definition) is 3. The normalized spacial score (nSPS) is 18.9. The van der Waals surface area contributed by atoms with Crippen molar-refractivity contribution in [3.63, 3.8) is 0 Å². The predicted molar refractivity (Wildman–Crippen MR) is 132 cm³/mol. The van der Waals surface area contributed by atoms with Crippen molar-refractivity contribution < 1.29 is 9.18 Å². The fourth-order valence-corrected chi connectivity index (χ4v) is 5.28. The summed E-state index contributed by atoms with van der Waals surface area (Å²) in [5, 5.41) is 0. The third kappa shape index (κ3) is 5.20. The highest BCUT2D eigenvalue weighted by molar-refractivity contribution is 5.95. The quantitative estimate of drug-likeness (QED) is 0.495. The lowest BCUT2D eigenvalue weighted by Gasteiger charge is -2.33. The molecule has 0 bridgehead atoms. The van der Waals surface area contributed by atoms with E-state index in [1.165, 1.54) is 18.9 Å². The predicted octanol–water partition coefficient (Wildman–Crippen LogP) is 5.43. The van der Waals surface area contributed by atoms with E-state index in [0.29, 0.717) is 18.5 Å². The van der Waals surface area contributed by atoms with Crippen LogP contribution in [0.2, 0.25) is 0 Å². The topological polar surface area (TPSA) is 36.4 Å². The zero-order valence-corrected chi connectivity index (χ0v) is 19.6. The molecule has 2 saturated heterocycles. The first-order chi connectivity index (χ1) is 16.7. The van der Waals surface area contributed by atoms with E-state index in [1.807, 2.05) is 53.4 Å². The Morgan fingerprint density at radius 1 is 0.882 bits per heavy atom. The van der Waals surface area contributed by atoms with Crippen LogP contribution < -0.4 is 0 Å². The number of piperidine rings is 1. The lowest BCUT2D eigenvalue weighted by molar-refractivity contribution is 0.0703. The number of pyridine rings is 1. The largest absolute Gasteiger partial charge is 0.338 e. The van der Waals surface area contributed by atoms with Gasteiger partial charge in [0.05, 0.1) is 0 Å². The minimum atomic E-state index is -0.197. The van der Waals surface area contributed by atoms with Gasteiger partial charge in [-0.05, 0) is 74.2 Å². The van der Waals surface area contributed by atoms with Crippen molar-refractivity contribution in [2.75, 3.05) is 26.2 Å². The molecule has 0 unspecified atom stereocenters. The molecule has 4 nitrogen and oxygen atoms in total. The summed E-state index contributed by atoms with van der Waals surface area (Å²) >= 11 is 0. The number of amides is 1. The second-order valence-corrected chi connectivity index (χ2v) is 9.55. The summed E-state index contributed by atoms with van der Waals surface area (Å²) in [6, 6.07) is 20.9. The number of hydrogen-bond donors (Lipinski definition) is 0. The number of aromatic nitrogens is 1. The zero-order chi connectivity index (χ0) is 23.3. The van der Waals surface area contributed by atoms with Gasteiger partial charge in [0, 0.05) is 48.9 Å². The van der Waals surface area contributed by atoms with Crippen molar-refractivity contribution in [3.8, 4) is 0 Å². The molecule has 0 saturated carbocycles. The number of carbonyl (C=O) groups is 1. The average molecular weight is 458 g/mol. The molecule has 2 aliphatic rings. The summed E-state index contributed by atoms with van der Waals surface area (Å²) in [5.74, 6) is 0.128. The number of likely N-dealkylation sites (tertiary alicyclic amines) is 2. The lowest BCUT2D eigenvalue weighted by Crippen LogP contribution is -2.40. The molecule has 5 rings (SSSR count). The van der Waals surface area contributed by atoms with Gasteiger partial charge < -0.3 is 4.90 Å². The van der Waals surface area contributed by atoms with Crippen molar-refractivity contribution in [2.24, 2.45) is 0 Å². The highest BCUT2D eigenvalue weighted by Crippen LogP contribution is 2.28. The molecule has 2 fully saturated rings. The summed E-state index contributed by atoms with van der Waals surface area (Å²) in [4.78, 5) is 22.9. The average Bonchev–Trinajstić information content (AvgIpc) is 3.39. The van der Waals surface area contributed by atoms with E-state index in [4.69, 9.17) is 4.98 Å². The molecule has 1 amide bonds. The Morgan fingerprint density at radius 3 is 2.47 bits per heavy atom.